The number of rotatable bonds is 4. The van der Waals surface area contributed by atoms with Crippen LogP contribution in [0.2, 0.25) is 0 Å². The molecule has 2 heterocycles. The maximum Gasteiger partial charge on any atom is 0.406 e. The van der Waals surface area contributed by atoms with Gasteiger partial charge in [0, 0.05) is 4.92 Å². The first kappa shape index (κ1) is 16.6. The highest BCUT2D eigenvalue weighted by atomic mass is 16.7. The number of benzene rings is 1. The second-order valence-electron chi connectivity index (χ2n) is 5.46. The molecule has 1 aromatic rings. The summed E-state index contributed by atoms with van der Waals surface area (Å²) in [6, 6.07) is 4.62. The second kappa shape index (κ2) is 5.70. The molecule has 2 unspecified atom stereocenters. The monoisotopic (exact) mass is 352 g/mol. The molecule has 132 valence electrons. The Bertz CT molecular complexity index is 793. The zero-order valence-electron chi connectivity index (χ0n) is 12.8. The number of hydrogen-bond donors (Lipinski definition) is 1. The molecule has 0 bridgehead atoms. The normalized spacial score (nSPS) is 24.6. The van der Waals surface area contributed by atoms with Crippen LogP contribution in [0.4, 0.5) is 0 Å². The standard InChI is InChI=1S/C14H12N2O9/c1-7-11(17)15(20)12(18)14(7,16(21)22)13(19)23-5-8-2-3-9-10(4-8)25-6-24-9/h2-4,7,20H,5-6H2,1H3. The van der Waals surface area contributed by atoms with E-state index in [-0.39, 0.29) is 6.79 Å². The zero-order chi connectivity index (χ0) is 18.4. The molecular formula is C14H12N2O9. The highest BCUT2D eigenvalue weighted by Crippen LogP contribution is 2.35. The van der Waals surface area contributed by atoms with Crippen molar-refractivity contribution in [1.82, 2.24) is 5.06 Å². The van der Waals surface area contributed by atoms with Crippen LogP contribution in [0.1, 0.15) is 12.5 Å². The minimum absolute atomic E-state index is 0.0451. The van der Waals surface area contributed by atoms with Crippen molar-refractivity contribution in [3.8, 4) is 11.5 Å². The van der Waals surface area contributed by atoms with Gasteiger partial charge in [-0.1, -0.05) is 6.07 Å². The lowest BCUT2D eigenvalue weighted by Gasteiger charge is -2.18. The number of fused-ring (bicyclic) bond motifs is 1. The Morgan fingerprint density at radius 2 is 2.12 bits per heavy atom. The van der Waals surface area contributed by atoms with Crippen molar-refractivity contribution < 1.29 is 38.7 Å². The molecule has 2 aliphatic rings. The fourth-order valence-corrected chi connectivity index (χ4v) is 2.67. The number of ether oxygens (including phenoxy) is 3. The minimum Gasteiger partial charge on any atom is -0.455 e. The maximum absolute atomic E-state index is 12.3. The Kier molecular flexibility index (Phi) is 3.80. The minimum atomic E-state index is -3.01. The van der Waals surface area contributed by atoms with Crippen LogP contribution in [0.15, 0.2) is 18.2 Å². The van der Waals surface area contributed by atoms with E-state index in [1.54, 1.807) is 12.1 Å². The van der Waals surface area contributed by atoms with Crippen LogP contribution in [0.3, 0.4) is 0 Å². The van der Waals surface area contributed by atoms with Gasteiger partial charge in [-0.25, -0.2) is 4.79 Å². The van der Waals surface area contributed by atoms with E-state index in [2.05, 4.69) is 0 Å². The first-order chi connectivity index (χ1) is 11.8. The highest BCUT2D eigenvalue weighted by molar-refractivity contribution is 6.18. The third kappa shape index (κ3) is 2.28. The van der Waals surface area contributed by atoms with Gasteiger partial charge in [-0.3, -0.25) is 24.9 Å². The zero-order valence-corrected chi connectivity index (χ0v) is 12.8. The lowest BCUT2D eigenvalue weighted by atomic mass is 9.88. The molecule has 0 aliphatic carbocycles. The third-order valence-electron chi connectivity index (χ3n) is 4.13. The third-order valence-corrected chi connectivity index (χ3v) is 4.13. The van der Waals surface area contributed by atoms with E-state index in [0.29, 0.717) is 17.1 Å². The summed E-state index contributed by atoms with van der Waals surface area (Å²) in [5.74, 6) is -5.22. The summed E-state index contributed by atoms with van der Waals surface area (Å²) in [6.07, 6.45) is 0. The number of carbonyl (C=O) groups excluding carboxylic acids is 3. The molecule has 0 radical (unpaired) electrons. The Morgan fingerprint density at radius 3 is 2.72 bits per heavy atom. The topological polar surface area (TPSA) is 146 Å². The lowest BCUT2D eigenvalue weighted by Crippen LogP contribution is -2.56. The van der Waals surface area contributed by atoms with Crippen LogP contribution >= 0.6 is 0 Å². The average Bonchev–Trinajstić information content (AvgIpc) is 3.11. The molecule has 11 heteroatoms. The van der Waals surface area contributed by atoms with Crippen molar-refractivity contribution in [2.45, 2.75) is 19.1 Å². The molecular weight excluding hydrogens is 340 g/mol. The molecule has 0 aromatic heterocycles. The Morgan fingerprint density at radius 1 is 1.44 bits per heavy atom. The number of esters is 1. The molecule has 1 N–H and O–H groups in total. The number of nitrogens with zero attached hydrogens (tertiary/aromatic N) is 2. The SMILES string of the molecule is CC1C(=O)N(O)C(=O)C1(C(=O)OCc1ccc2c(c1)OCO2)[N+](=O)[O-]. The molecule has 1 aromatic carbocycles. The fraction of sp³-hybridized carbons (Fsp3) is 0.357. The van der Waals surface area contributed by atoms with E-state index in [0.717, 1.165) is 6.92 Å². The summed E-state index contributed by atoms with van der Waals surface area (Å²) in [7, 11) is 0. The number of hydrogen-bond acceptors (Lipinski definition) is 9. The molecule has 0 saturated carbocycles. The van der Waals surface area contributed by atoms with Crippen LogP contribution in [-0.4, -0.2) is 45.3 Å². The first-order valence-corrected chi connectivity index (χ1v) is 7.07. The summed E-state index contributed by atoms with van der Waals surface area (Å²) in [5, 5.41) is 20.3. The predicted octanol–water partition coefficient (Wildman–Crippen LogP) is -0.132. The van der Waals surface area contributed by atoms with Gasteiger partial charge in [-0.05, 0) is 24.6 Å². The van der Waals surface area contributed by atoms with Gasteiger partial charge in [0.05, 0.1) is 0 Å². The number of hydroxylamine groups is 2. The summed E-state index contributed by atoms with van der Waals surface area (Å²) in [6.45, 7) is 0.648. The number of amides is 2. The largest absolute Gasteiger partial charge is 0.455 e. The molecule has 3 rings (SSSR count). The molecule has 25 heavy (non-hydrogen) atoms. The van der Waals surface area contributed by atoms with Crippen LogP contribution in [0.5, 0.6) is 11.5 Å². The Hall–Kier alpha value is -3.21. The maximum atomic E-state index is 12.3. The summed E-state index contributed by atoms with van der Waals surface area (Å²) >= 11 is 0. The van der Waals surface area contributed by atoms with Crippen LogP contribution < -0.4 is 9.47 Å². The van der Waals surface area contributed by atoms with Crippen LogP contribution in [0, 0.1) is 16.0 Å². The van der Waals surface area contributed by atoms with Gasteiger partial charge in [-0.15, -0.1) is 5.06 Å². The summed E-state index contributed by atoms with van der Waals surface area (Å²) < 4.78 is 15.2. The Labute approximate surface area is 139 Å². The van der Waals surface area contributed by atoms with Crippen LogP contribution in [0.25, 0.3) is 0 Å². The summed E-state index contributed by atoms with van der Waals surface area (Å²) in [5.41, 5.74) is -2.58. The molecule has 1 saturated heterocycles. The van der Waals surface area contributed by atoms with E-state index in [9.17, 15) is 29.7 Å². The second-order valence-corrected chi connectivity index (χ2v) is 5.46. The molecule has 2 aliphatic heterocycles. The molecule has 2 amide bonds. The van der Waals surface area contributed by atoms with Crippen molar-refractivity contribution >= 4 is 17.8 Å². The van der Waals surface area contributed by atoms with E-state index in [4.69, 9.17) is 14.2 Å². The van der Waals surface area contributed by atoms with Gasteiger partial charge in [-0.2, -0.15) is 0 Å². The highest BCUT2D eigenvalue weighted by Gasteiger charge is 2.74. The molecule has 0 spiro atoms. The van der Waals surface area contributed by atoms with Crippen molar-refractivity contribution in [1.29, 1.82) is 0 Å². The molecule has 11 nitrogen and oxygen atoms in total. The van der Waals surface area contributed by atoms with E-state index < -0.39 is 45.8 Å². The predicted molar refractivity (Wildman–Crippen MR) is 74.9 cm³/mol. The van der Waals surface area contributed by atoms with Crippen molar-refractivity contribution in [2.24, 2.45) is 5.92 Å². The quantitative estimate of drug-likeness (QED) is 0.195. The van der Waals surface area contributed by atoms with Gasteiger partial charge in [0.25, 0.3) is 5.91 Å². The Balaban J connectivity index is 1.82. The van der Waals surface area contributed by atoms with Gasteiger partial charge < -0.3 is 14.2 Å². The summed E-state index contributed by atoms with van der Waals surface area (Å²) in [4.78, 5) is 46.1. The molecule has 1 fully saturated rings. The smallest absolute Gasteiger partial charge is 0.406 e. The fourth-order valence-electron chi connectivity index (χ4n) is 2.67. The van der Waals surface area contributed by atoms with E-state index in [1.807, 2.05) is 0 Å². The van der Waals surface area contributed by atoms with Crippen LogP contribution in [-0.2, 0) is 25.7 Å². The van der Waals surface area contributed by atoms with E-state index >= 15 is 0 Å². The van der Waals surface area contributed by atoms with Gasteiger partial charge in [0.15, 0.2) is 11.5 Å². The first-order valence-electron chi connectivity index (χ1n) is 7.07. The number of nitro groups is 1. The van der Waals surface area contributed by atoms with Crippen molar-refractivity contribution in [2.75, 3.05) is 6.79 Å². The molecule has 2 atom stereocenters. The number of imide groups is 1. The lowest BCUT2D eigenvalue weighted by molar-refractivity contribution is -0.544. The van der Waals surface area contributed by atoms with Crippen molar-refractivity contribution in [3.05, 3.63) is 33.9 Å². The number of carbonyl (C=O) groups is 3. The van der Waals surface area contributed by atoms with E-state index in [1.165, 1.54) is 6.07 Å². The van der Waals surface area contributed by atoms with Gasteiger partial charge >= 0.3 is 17.4 Å². The van der Waals surface area contributed by atoms with Crippen molar-refractivity contribution in [3.63, 3.8) is 0 Å². The average molecular weight is 352 g/mol. The van der Waals surface area contributed by atoms with Gasteiger partial charge in [0.1, 0.15) is 12.5 Å². The van der Waals surface area contributed by atoms with Gasteiger partial charge in [0.2, 0.25) is 6.79 Å².